The van der Waals surface area contributed by atoms with Crippen molar-refractivity contribution in [1.82, 2.24) is 0 Å². The minimum atomic E-state index is 0.205. The van der Waals surface area contributed by atoms with Crippen LogP contribution in [0.2, 0.25) is 0 Å². The van der Waals surface area contributed by atoms with E-state index in [1.54, 1.807) is 0 Å². The third-order valence-corrected chi connectivity index (χ3v) is 1.27. The Kier molecular flexibility index (Phi) is 4.02. The summed E-state index contributed by atoms with van der Waals surface area (Å²) >= 11 is 0. The highest BCUT2D eigenvalue weighted by Gasteiger charge is 2.00. The monoisotopic (exact) mass is 126 g/mol. The van der Waals surface area contributed by atoms with Crippen molar-refractivity contribution in [2.45, 2.75) is 33.1 Å². The maximum Gasteiger partial charge on any atom is 0.157 e. The van der Waals surface area contributed by atoms with Crippen molar-refractivity contribution in [1.29, 1.82) is 0 Å². The van der Waals surface area contributed by atoms with Gasteiger partial charge in [-0.05, 0) is 12.0 Å². The lowest BCUT2D eigenvalue weighted by Gasteiger charge is -1.97. The number of carbonyl (C=O) groups excluding carboxylic acids is 1. The van der Waals surface area contributed by atoms with Gasteiger partial charge in [0.25, 0.3) is 0 Å². The highest BCUT2D eigenvalue weighted by Crippen LogP contribution is 2.04. The van der Waals surface area contributed by atoms with Gasteiger partial charge in [0.05, 0.1) is 0 Å². The summed E-state index contributed by atoms with van der Waals surface area (Å²) in [5.41, 5.74) is 0.778. The van der Waals surface area contributed by atoms with Gasteiger partial charge in [0.1, 0.15) is 0 Å². The third kappa shape index (κ3) is 3.07. The number of hydrogen-bond donors (Lipinski definition) is 0. The normalized spacial score (nSPS) is 9.11. The predicted octanol–water partition coefficient (Wildman–Crippen LogP) is 2.32. The highest BCUT2D eigenvalue weighted by molar-refractivity contribution is 5.94. The van der Waals surface area contributed by atoms with Gasteiger partial charge >= 0.3 is 0 Å². The molecule has 0 saturated carbocycles. The Balaban J connectivity index is 3.60. The van der Waals surface area contributed by atoms with Gasteiger partial charge in [-0.1, -0.05) is 26.8 Å². The summed E-state index contributed by atoms with van der Waals surface area (Å²) in [6.07, 6.45) is 2.47. The molecule has 0 aromatic carbocycles. The molecule has 1 nitrogen and oxygen atoms in total. The Morgan fingerprint density at radius 3 is 2.33 bits per heavy atom. The molecule has 0 N–H and O–H groups in total. The van der Waals surface area contributed by atoms with Crippen LogP contribution in [0, 0.1) is 0 Å². The summed E-state index contributed by atoms with van der Waals surface area (Å²) in [5.74, 6) is 0.205. The third-order valence-electron chi connectivity index (χ3n) is 1.27. The zero-order valence-corrected chi connectivity index (χ0v) is 6.24. The van der Waals surface area contributed by atoms with Crippen molar-refractivity contribution in [3.05, 3.63) is 12.2 Å². The van der Waals surface area contributed by atoms with Crippen LogP contribution in [0.4, 0.5) is 0 Å². The average molecular weight is 126 g/mol. The maximum absolute atomic E-state index is 10.8. The van der Waals surface area contributed by atoms with Gasteiger partial charge in [0.15, 0.2) is 5.78 Å². The number of Topliss-reactive ketones (excluding diaryl/α,β-unsaturated/α-hetero) is 1. The van der Waals surface area contributed by atoms with Crippen LogP contribution in [-0.4, -0.2) is 5.78 Å². The van der Waals surface area contributed by atoms with E-state index in [1.807, 2.05) is 13.8 Å². The van der Waals surface area contributed by atoms with Crippen LogP contribution in [0.15, 0.2) is 12.2 Å². The first-order valence-electron chi connectivity index (χ1n) is 3.43. The van der Waals surface area contributed by atoms with E-state index in [4.69, 9.17) is 0 Å². The van der Waals surface area contributed by atoms with Gasteiger partial charge in [-0.2, -0.15) is 0 Å². The molecule has 0 atom stereocenters. The predicted molar refractivity (Wildman–Crippen MR) is 39.3 cm³/mol. The van der Waals surface area contributed by atoms with Gasteiger partial charge in [0, 0.05) is 6.42 Å². The standard InChI is InChI=1S/C8H14O/c1-4-6-7(3)8(9)5-2/h3-6H2,1-2H3. The highest BCUT2D eigenvalue weighted by atomic mass is 16.1. The Morgan fingerprint density at radius 1 is 1.44 bits per heavy atom. The van der Waals surface area contributed by atoms with Crippen LogP contribution >= 0.6 is 0 Å². The number of allylic oxidation sites excluding steroid dienone is 1. The Bertz CT molecular complexity index is 114. The molecule has 52 valence electrons. The summed E-state index contributed by atoms with van der Waals surface area (Å²) in [7, 11) is 0. The quantitative estimate of drug-likeness (QED) is 0.528. The van der Waals surface area contributed by atoms with E-state index >= 15 is 0 Å². The van der Waals surface area contributed by atoms with E-state index in [1.165, 1.54) is 0 Å². The van der Waals surface area contributed by atoms with E-state index in [-0.39, 0.29) is 5.78 Å². The molecule has 1 heteroatoms. The summed E-state index contributed by atoms with van der Waals surface area (Å²) in [5, 5.41) is 0. The van der Waals surface area contributed by atoms with Crippen LogP contribution in [0.5, 0.6) is 0 Å². The lowest BCUT2D eigenvalue weighted by Crippen LogP contribution is -1.97. The average Bonchev–Trinajstić information content (AvgIpc) is 1.87. The van der Waals surface area contributed by atoms with E-state index in [9.17, 15) is 4.79 Å². The zero-order valence-electron chi connectivity index (χ0n) is 6.24. The molecule has 0 rings (SSSR count). The van der Waals surface area contributed by atoms with Gasteiger partial charge in [-0.25, -0.2) is 0 Å². The zero-order chi connectivity index (χ0) is 7.28. The largest absolute Gasteiger partial charge is 0.295 e. The van der Waals surface area contributed by atoms with Crippen LogP contribution in [0.1, 0.15) is 33.1 Å². The lowest BCUT2D eigenvalue weighted by atomic mass is 10.1. The molecule has 0 aliphatic heterocycles. The van der Waals surface area contributed by atoms with E-state index < -0.39 is 0 Å². The lowest BCUT2D eigenvalue weighted by molar-refractivity contribution is -0.115. The minimum Gasteiger partial charge on any atom is -0.295 e. The van der Waals surface area contributed by atoms with Crippen LogP contribution in [0.3, 0.4) is 0 Å². The van der Waals surface area contributed by atoms with Crippen molar-refractivity contribution >= 4 is 5.78 Å². The Hall–Kier alpha value is -0.590. The molecule has 0 aliphatic carbocycles. The topological polar surface area (TPSA) is 17.1 Å². The SMILES string of the molecule is C=C(CCC)C(=O)CC. The molecule has 0 aliphatic rings. The maximum atomic E-state index is 10.8. The molecule has 0 bridgehead atoms. The number of carbonyl (C=O) groups is 1. The fraction of sp³-hybridized carbons (Fsp3) is 0.625. The number of rotatable bonds is 4. The molecule has 0 heterocycles. The van der Waals surface area contributed by atoms with E-state index in [0.29, 0.717) is 6.42 Å². The van der Waals surface area contributed by atoms with Crippen molar-refractivity contribution < 1.29 is 4.79 Å². The molecule has 0 unspecified atom stereocenters. The van der Waals surface area contributed by atoms with Gasteiger partial charge in [0.2, 0.25) is 0 Å². The molecule has 0 radical (unpaired) electrons. The molecule has 0 spiro atoms. The van der Waals surface area contributed by atoms with E-state index in [0.717, 1.165) is 18.4 Å². The molecule has 0 amide bonds. The van der Waals surface area contributed by atoms with Crippen LogP contribution in [0.25, 0.3) is 0 Å². The molecule has 0 saturated heterocycles. The number of hydrogen-bond acceptors (Lipinski definition) is 1. The summed E-state index contributed by atoms with van der Waals surface area (Å²) in [6.45, 7) is 7.58. The summed E-state index contributed by atoms with van der Waals surface area (Å²) in [4.78, 5) is 10.8. The minimum absolute atomic E-state index is 0.205. The first kappa shape index (κ1) is 8.41. The first-order chi connectivity index (χ1) is 4.22. The van der Waals surface area contributed by atoms with Crippen molar-refractivity contribution in [3.8, 4) is 0 Å². The first-order valence-corrected chi connectivity index (χ1v) is 3.43. The van der Waals surface area contributed by atoms with Crippen LogP contribution < -0.4 is 0 Å². The summed E-state index contributed by atoms with van der Waals surface area (Å²) in [6, 6.07) is 0. The van der Waals surface area contributed by atoms with Crippen molar-refractivity contribution in [2.24, 2.45) is 0 Å². The summed E-state index contributed by atoms with van der Waals surface area (Å²) < 4.78 is 0. The van der Waals surface area contributed by atoms with Gasteiger partial charge in [-0.15, -0.1) is 0 Å². The fourth-order valence-electron chi connectivity index (χ4n) is 0.691. The Morgan fingerprint density at radius 2 is 2.00 bits per heavy atom. The fourth-order valence-corrected chi connectivity index (χ4v) is 0.691. The molecular weight excluding hydrogens is 112 g/mol. The van der Waals surface area contributed by atoms with Crippen LogP contribution in [-0.2, 0) is 4.79 Å². The molecular formula is C8H14O. The second-order valence-corrected chi connectivity index (χ2v) is 2.13. The van der Waals surface area contributed by atoms with Crippen molar-refractivity contribution in [2.75, 3.05) is 0 Å². The molecule has 0 aromatic heterocycles. The molecule has 9 heavy (non-hydrogen) atoms. The van der Waals surface area contributed by atoms with Gasteiger partial charge in [-0.3, -0.25) is 4.79 Å². The molecule has 0 aromatic rings. The smallest absolute Gasteiger partial charge is 0.157 e. The van der Waals surface area contributed by atoms with Gasteiger partial charge < -0.3 is 0 Å². The van der Waals surface area contributed by atoms with E-state index in [2.05, 4.69) is 6.58 Å². The second-order valence-electron chi connectivity index (χ2n) is 2.13. The Labute approximate surface area is 56.8 Å². The molecule has 0 fully saturated rings. The number of ketones is 1. The van der Waals surface area contributed by atoms with Crippen molar-refractivity contribution in [3.63, 3.8) is 0 Å². The second kappa shape index (κ2) is 4.30.